The van der Waals surface area contributed by atoms with Gasteiger partial charge in [0.2, 0.25) is 15.9 Å². The highest BCUT2D eigenvalue weighted by molar-refractivity contribution is 7.89. The number of ether oxygens (including phenoxy) is 1. The van der Waals surface area contributed by atoms with Crippen LogP contribution in [0.5, 0.6) is 5.75 Å². The van der Waals surface area contributed by atoms with Gasteiger partial charge in [-0.25, -0.2) is 45.2 Å². The maximum atomic E-state index is 13.6. The van der Waals surface area contributed by atoms with E-state index in [4.69, 9.17) is 4.74 Å². The highest BCUT2D eigenvalue weighted by atomic mass is 32.2. The van der Waals surface area contributed by atoms with E-state index in [1.807, 2.05) is 94.4 Å². The monoisotopic (exact) mass is 2040 g/mol. The molecule has 0 unspecified atom stereocenters. The van der Waals surface area contributed by atoms with Crippen LogP contribution in [0.15, 0.2) is 264 Å². The number of urea groups is 3. The molecule has 8 amide bonds. The molecule has 0 spiro atoms. The van der Waals surface area contributed by atoms with Gasteiger partial charge in [0.25, 0.3) is 5.91 Å². The summed E-state index contributed by atoms with van der Waals surface area (Å²) in [6.07, 6.45) is 23.5. The summed E-state index contributed by atoms with van der Waals surface area (Å²) in [7, 11) is -1.94. The molecule has 1 aliphatic carbocycles. The van der Waals surface area contributed by atoms with Crippen molar-refractivity contribution in [3.63, 3.8) is 0 Å². The van der Waals surface area contributed by atoms with Crippen molar-refractivity contribution in [2.45, 2.75) is 226 Å². The van der Waals surface area contributed by atoms with Crippen molar-refractivity contribution in [1.82, 2.24) is 64.1 Å². The first-order valence-corrected chi connectivity index (χ1v) is 55.4. The maximum Gasteiger partial charge on any atom is 0.326 e. The van der Waals surface area contributed by atoms with Gasteiger partial charge in [-0.05, 0) is 337 Å². The third kappa shape index (κ3) is 26.1. The first-order valence-electron chi connectivity index (χ1n) is 53.9. The van der Waals surface area contributed by atoms with Crippen molar-refractivity contribution in [3.05, 3.63) is 327 Å². The van der Waals surface area contributed by atoms with Crippen LogP contribution in [0.2, 0.25) is 0 Å². The van der Waals surface area contributed by atoms with Crippen LogP contribution in [0, 0.1) is 41.0 Å². The van der Waals surface area contributed by atoms with Crippen LogP contribution in [-0.4, -0.2) is 221 Å². The molecule has 9 fully saturated rings. The molecule has 7 atom stereocenters. The number of imidazole rings is 1. The fraction of sp³-hybridized carbons (Fsp3) is 0.433. The standard InChI is InChI=1S/C32H35FN2O2.C31H34FN5O2.C30H35FN4O3S.C27H36FN3O2.5H2/c33-28-14-15-29-27(23-28)18-22-35(32(29)37)30(36)13-7-8-19-34-20-16-26(17-21-34)31(24-9-3-1-4-10-24)25-11-5-2-6-12-25;32-23-8-7-21-15-20(5-6-22(21)16-23)19-36-26-9-10-27(36)18-24(17-26)33-30(38)35-13-11-25(12-14-35)37-29-4-2-1-3-28(29)34-31(37)39;31-25-10-9-23-17-22(7-8-24(23)18-25)21-35-27-11-12-28(35)20-26(19-27)32-30(36)33-13-4-14-34(16-15-33)39(37,38)29-5-2-1-3-6-29;1-33-25-9-4-8-24(17-25)29-27(32)30-26-10-3-2-7-22(26)19-31-15-5-6-21(18-31)16-20-11-13-23(28)14-12-20;;;;;/h1-6,9-12,14-15,23,26,31H,7-8,13,16-22H2;1-8,15-16,24-27H,9-14,17-19H2,(H,33,38)(H,34,39);1-3,5-10,17-18,26-28H,4,11-16,19-21H2,(H,32,36);4,8-9,11-14,17,21-22,26H,2-3,5-7,10,15-16,18-19H2,1H3,(H2,29,30,32);5*1H/t;26-,27-;27-,28-;21-,22-,26+;;;;;/m.110...../s1. The number of aromatic nitrogens is 2. The highest BCUT2D eigenvalue weighted by Crippen LogP contribution is 2.43. The second kappa shape index (κ2) is 48.8. The minimum absolute atomic E-state index is 0. The van der Waals surface area contributed by atoms with Gasteiger partial charge in [0.05, 0.1) is 23.0 Å². The fourth-order valence-corrected chi connectivity index (χ4v) is 26.7. The van der Waals surface area contributed by atoms with Crippen LogP contribution >= 0.6 is 0 Å². The van der Waals surface area contributed by atoms with Crippen LogP contribution < -0.4 is 31.7 Å². The molecule has 1 aromatic heterocycles. The number of benzene rings is 11. The van der Waals surface area contributed by atoms with Gasteiger partial charge in [-0.2, -0.15) is 4.31 Å². The van der Waals surface area contributed by atoms with Crippen LogP contribution in [0.25, 0.3) is 32.6 Å². The summed E-state index contributed by atoms with van der Waals surface area (Å²) < 4.78 is 88.5. The summed E-state index contributed by atoms with van der Waals surface area (Å²) in [5, 5.41) is 16.8. The second-order valence-electron chi connectivity index (χ2n) is 42.5. The predicted octanol–water partition coefficient (Wildman–Crippen LogP) is 22.5. The molecule has 23 nitrogen and oxygen atoms in total. The number of hydrogen-bond acceptors (Lipinski definition) is 13. The lowest BCUT2D eigenvalue weighted by molar-refractivity contribution is -0.128. The molecule has 1 saturated carbocycles. The molecule has 9 aliphatic heterocycles. The molecule has 10 aliphatic rings. The topological polar surface area (TPSA) is 241 Å². The van der Waals surface area contributed by atoms with E-state index < -0.39 is 10.0 Å². The van der Waals surface area contributed by atoms with Gasteiger partial charge in [-0.1, -0.05) is 158 Å². The van der Waals surface area contributed by atoms with Crippen molar-refractivity contribution >= 4 is 78.2 Å². The highest BCUT2D eigenvalue weighted by Gasteiger charge is 2.45. The molecule has 10 heterocycles. The number of aromatic amines is 1. The number of hydrogen-bond donors (Lipinski definition) is 5. The summed E-state index contributed by atoms with van der Waals surface area (Å²) in [4.78, 5) is 95.7. The summed E-state index contributed by atoms with van der Waals surface area (Å²) in [5.41, 5.74) is 10.1. The van der Waals surface area contributed by atoms with Gasteiger partial charge in [0.1, 0.15) is 29.0 Å². The molecule has 148 heavy (non-hydrogen) atoms. The number of unbranched alkanes of at least 4 members (excludes halogenated alkanes) is 1. The SMILES string of the molecule is COc1cccc(NC(=O)N[C@@H]2CCCC[C@H]2CN2CCC[C@@H](Cc3ccc(F)cc3)C2)c1.O=C(CCCCN1CCC(C(c2ccccc2)c2ccccc2)CC1)N1CCc2cc(F)ccc2C1=O.O=C(NC1C[C@H]2CC[C@H](C1)N2Cc1ccc2cc(F)ccc2c1)N1CCC(n2c(=O)[nH]c3ccccc32)CC1.O=C(NC1C[C@H]2CC[C@H](C1)N2Cc1ccc2cc(F)ccc2c1)N1CCCN(S(=O)(=O)c2ccccc2)CC1.[HH].[HH].[HH].[HH].[HH]. The van der Waals surface area contributed by atoms with Gasteiger partial charge in [-0.15, -0.1) is 0 Å². The smallest absolute Gasteiger partial charge is 0.326 e. The van der Waals surface area contributed by atoms with E-state index in [0.29, 0.717) is 129 Å². The van der Waals surface area contributed by atoms with Crippen molar-refractivity contribution in [1.29, 1.82) is 0 Å². The van der Waals surface area contributed by atoms with Crippen molar-refractivity contribution in [3.8, 4) is 5.75 Å². The van der Waals surface area contributed by atoms with Crippen molar-refractivity contribution in [2.75, 3.05) is 97.5 Å². The van der Waals surface area contributed by atoms with E-state index >= 15 is 0 Å². The Bertz CT molecular complexity index is 6700. The van der Waals surface area contributed by atoms with E-state index in [1.165, 1.54) is 99.5 Å². The number of anilines is 1. The second-order valence-corrected chi connectivity index (χ2v) is 44.5. The van der Waals surface area contributed by atoms with Crippen molar-refractivity contribution < 1.29 is 61.8 Å². The Morgan fingerprint density at radius 2 is 1.03 bits per heavy atom. The van der Waals surface area contributed by atoms with Gasteiger partial charge >= 0.3 is 23.8 Å². The third-order valence-corrected chi connectivity index (χ3v) is 34.7. The largest absolute Gasteiger partial charge is 0.497 e. The van der Waals surface area contributed by atoms with E-state index in [2.05, 4.69) is 131 Å². The average Bonchev–Trinajstić information content (AvgIpc) is 1.60. The number of amides is 8. The number of imide groups is 1. The molecular weight excluding hydrogens is 1890 g/mol. The van der Waals surface area contributed by atoms with E-state index in [-0.39, 0.29) is 90.2 Å². The number of carbonyl (C=O) groups excluding carboxylic acids is 5. The van der Waals surface area contributed by atoms with E-state index in [1.54, 1.807) is 66.6 Å². The van der Waals surface area contributed by atoms with Crippen LogP contribution in [0.4, 0.5) is 37.6 Å². The number of H-pyrrole nitrogens is 1. The minimum atomic E-state index is -3.56. The quantitative estimate of drug-likeness (QED) is 0.0280. The third-order valence-electron chi connectivity index (χ3n) is 32.8. The van der Waals surface area contributed by atoms with Crippen molar-refractivity contribution in [2.24, 2.45) is 17.8 Å². The average molecular weight is 2040 g/mol. The molecule has 788 valence electrons. The normalized spacial score (nSPS) is 22.2. The molecule has 0 radical (unpaired) electrons. The number of sulfonamides is 1. The summed E-state index contributed by atoms with van der Waals surface area (Å²) in [6, 6.07) is 81.2. The molecular formula is C120H150F4N14O9S. The number of piperidine rings is 5. The Hall–Kier alpha value is -12.6. The number of fused-ring (bicyclic) bond motifs is 8. The summed E-state index contributed by atoms with van der Waals surface area (Å²) in [6.45, 7) is 11.4. The molecule has 4 bridgehead atoms. The maximum absolute atomic E-state index is 13.6. The van der Waals surface area contributed by atoms with Gasteiger partial charge < -0.3 is 50.6 Å². The number of likely N-dealkylation sites (tertiary alicyclic amines) is 3. The van der Waals surface area contributed by atoms with Crippen LogP contribution in [0.1, 0.15) is 204 Å². The summed E-state index contributed by atoms with van der Waals surface area (Å²) in [5.74, 6) is 1.50. The Balaban J connectivity index is 0.000000159. The molecule has 12 aromatic rings. The Morgan fingerprint density at radius 1 is 0.473 bits per heavy atom. The zero-order chi connectivity index (χ0) is 102. The summed E-state index contributed by atoms with van der Waals surface area (Å²) >= 11 is 0. The minimum Gasteiger partial charge on any atom is -0.497 e. The Morgan fingerprint density at radius 3 is 1.66 bits per heavy atom. The van der Waals surface area contributed by atoms with Crippen LogP contribution in [-0.2, 0) is 40.7 Å². The first kappa shape index (κ1) is 104. The lowest BCUT2D eigenvalue weighted by Gasteiger charge is -2.40. The first-order chi connectivity index (χ1) is 72.1. The van der Waals surface area contributed by atoms with Gasteiger partial charge in [0, 0.05) is 157 Å². The number of nitrogens with one attached hydrogen (secondary N) is 5. The number of carbonyl (C=O) groups is 5. The number of nitrogens with zero attached hydrogens (tertiary/aromatic N) is 9. The van der Waals surface area contributed by atoms with E-state index in [9.17, 15) is 54.7 Å². The fourth-order valence-electron chi connectivity index (χ4n) is 25.3. The van der Waals surface area contributed by atoms with E-state index in [0.717, 1.165) is 199 Å². The zero-order valence-corrected chi connectivity index (χ0v) is 85.7. The van der Waals surface area contributed by atoms with Gasteiger partial charge in [-0.3, -0.25) is 28.9 Å². The van der Waals surface area contributed by atoms with Gasteiger partial charge in [0.15, 0.2) is 0 Å². The lowest BCUT2D eigenvalue weighted by atomic mass is 9.76. The Kier molecular flexibility index (Phi) is 34.3. The molecule has 8 saturated heterocycles. The zero-order valence-electron chi connectivity index (χ0n) is 84.9. The lowest BCUT2D eigenvalue weighted by Crippen LogP contribution is -2.53. The molecule has 28 heteroatoms. The molecule has 11 aromatic carbocycles. The predicted molar refractivity (Wildman–Crippen MR) is 584 cm³/mol. The number of para-hydroxylation sites is 2. The number of rotatable bonds is 24. The number of halogens is 4. The Labute approximate surface area is 874 Å². The molecule has 5 N–H and O–H groups in total. The van der Waals surface area contributed by atoms with Crippen LogP contribution in [0.3, 0.4) is 0 Å². The molecule has 22 rings (SSSR count). The number of methoxy groups -OCH3 is 1.